The molecule has 4 aromatic rings. The monoisotopic (exact) mass is 488 g/mol. The normalized spacial score (nSPS) is 14.1. The quantitative estimate of drug-likeness (QED) is 0.247. The van der Waals surface area contributed by atoms with Gasteiger partial charge in [0.1, 0.15) is 11.6 Å². The molecular formula is C27H32N6OS. The Hall–Kier alpha value is -3.13. The number of carbonyl (C=O) groups is 1. The van der Waals surface area contributed by atoms with E-state index < -0.39 is 0 Å². The van der Waals surface area contributed by atoms with Gasteiger partial charge in [-0.3, -0.25) is 9.36 Å². The second-order valence-electron chi connectivity index (χ2n) is 9.05. The fourth-order valence-corrected chi connectivity index (χ4v) is 5.62. The Morgan fingerprint density at radius 1 is 1.00 bits per heavy atom. The minimum Gasteiger partial charge on any atom is -0.356 e. The van der Waals surface area contributed by atoms with Crippen LogP contribution < -0.4 is 5.32 Å². The van der Waals surface area contributed by atoms with Crippen molar-refractivity contribution in [2.45, 2.75) is 62.6 Å². The second-order valence-corrected chi connectivity index (χ2v) is 9.83. The highest BCUT2D eigenvalue weighted by Crippen LogP contribution is 2.33. The molecule has 2 aromatic heterocycles. The van der Waals surface area contributed by atoms with Crippen LogP contribution in [0.15, 0.2) is 59.8 Å². The van der Waals surface area contributed by atoms with Crippen LogP contribution in [0, 0.1) is 0 Å². The third-order valence-corrected chi connectivity index (χ3v) is 7.37. The van der Waals surface area contributed by atoms with Gasteiger partial charge in [-0.05, 0) is 49.8 Å². The van der Waals surface area contributed by atoms with E-state index in [0.29, 0.717) is 25.4 Å². The number of fused-ring (bicyclic) bond motifs is 1. The second kappa shape index (κ2) is 11.1. The first-order valence-corrected chi connectivity index (χ1v) is 13.7. The lowest BCUT2D eigenvalue weighted by Gasteiger charge is -2.16. The van der Waals surface area contributed by atoms with Gasteiger partial charge in [0.05, 0.1) is 11.0 Å². The summed E-state index contributed by atoms with van der Waals surface area (Å²) >= 11 is 1.66. The molecule has 0 saturated heterocycles. The Morgan fingerprint density at radius 3 is 2.57 bits per heavy atom. The Labute approximate surface area is 210 Å². The molecule has 2 heterocycles. The summed E-state index contributed by atoms with van der Waals surface area (Å²) < 4.78 is 4.50. The first-order chi connectivity index (χ1) is 17.2. The molecule has 0 bridgehead atoms. The number of aryl methyl sites for hydroxylation is 2. The zero-order valence-corrected chi connectivity index (χ0v) is 21.0. The summed E-state index contributed by atoms with van der Waals surface area (Å²) in [4.78, 5) is 17.5. The van der Waals surface area contributed by atoms with Crippen LogP contribution in [0.4, 0.5) is 0 Å². The fourth-order valence-electron chi connectivity index (χ4n) is 5.04. The molecule has 0 unspecified atom stereocenters. The van der Waals surface area contributed by atoms with Gasteiger partial charge in [0.2, 0.25) is 5.91 Å². The molecule has 1 saturated carbocycles. The molecule has 0 radical (unpaired) electrons. The molecule has 0 aliphatic heterocycles. The van der Waals surface area contributed by atoms with Crippen molar-refractivity contribution in [2.24, 2.45) is 0 Å². The number of amides is 1. The number of thioether (sulfide) groups is 1. The highest BCUT2D eigenvalue weighted by atomic mass is 32.2. The number of rotatable bonds is 10. The summed E-state index contributed by atoms with van der Waals surface area (Å²) in [5.74, 6) is 2.01. The molecule has 35 heavy (non-hydrogen) atoms. The van der Waals surface area contributed by atoms with Crippen molar-refractivity contribution in [1.29, 1.82) is 0 Å². The van der Waals surface area contributed by atoms with Crippen LogP contribution in [0.1, 0.15) is 56.2 Å². The molecule has 7 nitrogen and oxygen atoms in total. The van der Waals surface area contributed by atoms with Crippen LogP contribution in [0.25, 0.3) is 16.7 Å². The number of hydrogen-bond acceptors (Lipinski definition) is 5. The number of para-hydroxylation sites is 3. The van der Waals surface area contributed by atoms with Crippen molar-refractivity contribution in [3.8, 4) is 5.69 Å². The van der Waals surface area contributed by atoms with Crippen molar-refractivity contribution < 1.29 is 4.79 Å². The zero-order valence-electron chi connectivity index (χ0n) is 20.2. The van der Waals surface area contributed by atoms with E-state index in [4.69, 9.17) is 4.98 Å². The first-order valence-electron chi connectivity index (χ1n) is 12.5. The Kier molecular flexibility index (Phi) is 7.47. The van der Waals surface area contributed by atoms with Crippen LogP contribution in [-0.2, 0) is 17.6 Å². The number of hydrogen-bond donors (Lipinski definition) is 1. The third-order valence-electron chi connectivity index (χ3n) is 6.73. The van der Waals surface area contributed by atoms with Gasteiger partial charge in [-0.25, -0.2) is 4.98 Å². The van der Waals surface area contributed by atoms with Crippen molar-refractivity contribution in [2.75, 3.05) is 12.8 Å². The maximum absolute atomic E-state index is 12.6. The van der Waals surface area contributed by atoms with Crippen LogP contribution in [0.2, 0.25) is 0 Å². The number of carbonyl (C=O) groups excluding carboxylic acids is 1. The van der Waals surface area contributed by atoms with Gasteiger partial charge < -0.3 is 9.88 Å². The minimum atomic E-state index is 0.0544. The topological polar surface area (TPSA) is 77.6 Å². The molecule has 182 valence electrons. The van der Waals surface area contributed by atoms with Gasteiger partial charge in [0.25, 0.3) is 0 Å². The van der Waals surface area contributed by atoms with E-state index in [-0.39, 0.29) is 5.91 Å². The standard InChI is InChI=1S/C27H32N6OS/c1-35-27-31-30-25(33(27)21-12-5-6-13-21)16-9-19-28-26(34)18-17-24-29-22-14-7-8-15-23(22)32(24)20-10-3-2-4-11-20/h2-4,7-8,10-11,14-15,21H,5-6,9,12-13,16-19H2,1H3,(H,28,34). The van der Waals surface area contributed by atoms with Gasteiger partial charge in [-0.2, -0.15) is 0 Å². The predicted molar refractivity (Wildman–Crippen MR) is 140 cm³/mol. The van der Waals surface area contributed by atoms with Gasteiger partial charge in [0.15, 0.2) is 5.16 Å². The van der Waals surface area contributed by atoms with Gasteiger partial charge >= 0.3 is 0 Å². The number of aromatic nitrogens is 5. The number of benzene rings is 2. The predicted octanol–water partition coefficient (Wildman–Crippen LogP) is 5.14. The molecular weight excluding hydrogens is 456 g/mol. The smallest absolute Gasteiger partial charge is 0.220 e. The minimum absolute atomic E-state index is 0.0544. The van der Waals surface area contributed by atoms with Gasteiger partial charge in [-0.1, -0.05) is 54.9 Å². The lowest BCUT2D eigenvalue weighted by molar-refractivity contribution is -0.121. The van der Waals surface area contributed by atoms with Crippen LogP contribution >= 0.6 is 11.8 Å². The van der Waals surface area contributed by atoms with Crippen molar-refractivity contribution in [3.05, 3.63) is 66.2 Å². The number of nitrogens with zero attached hydrogens (tertiary/aromatic N) is 5. The Morgan fingerprint density at radius 2 is 1.77 bits per heavy atom. The van der Waals surface area contributed by atoms with Crippen LogP contribution in [0.3, 0.4) is 0 Å². The van der Waals surface area contributed by atoms with Crippen molar-refractivity contribution >= 4 is 28.7 Å². The average molecular weight is 489 g/mol. The Balaban J connectivity index is 1.17. The molecule has 1 fully saturated rings. The van der Waals surface area contributed by atoms with Crippen LogP contribution in [0.5, 0.6) is 0 Å². The summed E-state index contributed by atoms with van der Waals surface area (Å²) in [6.07, 6.45) is 9.72. The summed E-state index contributed by atoms with van der Waals surface area (Å²) in [7, 11) is 0. The average Bonchev–Trinajstić information content (AvgIpc) is 3.63. The largest absolute Gasteiger partial charge is 0.356 e. The lowest BCUT2D eigenvalue weighted by atomic mass is 10.2. The fraction of sp³-hybridized carbons (Fsp3) is 0.407. The SMILES string of the molecule is CSc1nnc(CCCNC(=O)CCc2nc3ccccc3n2-c2ccccc2)n1C1CCCC1. The summed E-state index contributed by atoms with van der Waals surface area (Å²) in [5.41, 5.74) is 3.07. The van der Waals surface area contributed by atoms with Gasteiger partial charge in [0, 0.05) is 37.5 Å². The maximum atomic E-state index is 12.6. The number of nitrogens with one attached hydrogen (secondary N) is 1. The molecule has 8 heteroatoms. The Bertz CT molecular complexity index is 1280. The van der Waals surface area contributed by atoms with E-state index in [1.165, 1.54) is 25.7 Å². The molecule has 1 N–H and O–H groups in total. The summed E-state index contributed by atoms with van der Waals surface area (Å²) in [5, 5.41) is 12.9. The van der Waals surface area contributed by atoms with E-state index in [1.807, 2.05) is 36.4 Å². The van der Waals surface area contributed by atoms with Crippen molar-refractivity contribution in [1.82, 2.24) is 29.6 Å². The summed E-state index contributed by atoms with van der Waals surface area (Å²) in [6, 6.07) is 18.8. The molecule has 5 rings (SSSR count). The zero-order chi connectivity index (χ0) is 24.0. The molecule has 1 aliphatic rings. The molecule has 0 atom stereocenters. The van der Waals surface area contributed by atoms with E-state index in [9.17, 15) is 4.79 Å². The van der Waals surface area contributed by atoms with E-state index >= 15 is 0 Å². The van der Waals surface area contributed by atoms with E-state index in [1.54, 1.807) is 11.8 Å². The van der Waals surface area contributed by atoms with E-state index in [2.05, 4.69) is 49.1 Å². The number of imidazole rings is 1. The molecule has 1 amide bonds. The van der Waals surface area contributed by atoms with E-state index in [0.717, 1.165) is 46.4 Å². The summed E-state index contributed by atoms with van der Waals surface area (Å²) in [6.45, 7) is 0.639. The van der Waals surface area contributed by atoms with Crippen molar-refractivity contribution in [3.63, 3.8) is 0 Å². The lowest BCUT2D eigenvalue weighted by Crippen LogP contribution is -2.25. The molecule has 1 aliphatic carbocycles. The third kappa shape index (κ3) is 5.27. The first kappa shape index (κ1) is 23.6. The van der Waals surface area contributed by atoms with Crippen LogP contribution in [-0.4, -0.2) is 43.0 Å². The highest BCUT2D eigenvalue weighted by Gasteiger charge is 2.23. The maximum Gasteiger partial charge on any atom is 0.220 e. The highest BCUT2D eigenvalue weighted by molar-refractivity contribution is 7.98. The molecule has 0 spiro atoms. The molecule has 2 aromatic carbocycles. The van der Waals surface area contributed by atoms with Gasteiger partial charge in [-0.15, -0.1) is 10.2 Å².